The van der Waals surface area contributed by atoms with E-state index in [0.29, 0.717) is 11.3 Å². The first-order valence-corrected chi connectivity index (χ1v) is 11.3. The van der Waals surface area contributed by atoms with Crippen molar-refractivity contribution >= 4 is 21.6 Å². The van der Waals surface area contributed by atoms with E-state index in [2.05, 4.69) is 0 Å². The summed E-state index contributed by atoms with van der Waals surface area (Å²) >= 11 is 0. The Morgan fingerprint density at radius 2 is 1.52 bits per heavy atom. The van der Waals surface area contributed by atoms with Crippen LogP contribution >= 0.6 is 0 Å². The van der Waals surface area contributed by atoms with Gasteiger partial charge in [0.25, 0.3) is 10.0 Å². The summed E-state index contributed by atoms with van der Waals surface area (Å²) in [4.78, 5) is 14.2. The Morgan fingerprint density at radius 3 is 2.16 bits per heavy atom. The Kier molecular flexibility index (Phi) is 7.07. The van der Waals surface area contributed by atoms with Crippen LogP contribution in [0, 0.1) is 12.7 Å². The van der Waals surface area contributed by atoms with Crippen LogP contribution in [-0.2, 0) is 21.4 Å². The molecular weight excluding hydrogens is 415 g/mol. The number of aryl methyl sites for hydroxylation is 1. The Morgan fingerprint density at radius 1 is 0.903 bits per heavy atom. The molecule has 0 atom stereocenters. The van der Waals surface area contributed by atoms with Gasteiger partial charge in [-0.25, -0.2) is 12.8 Å². The van der Waals surface area contributed by atoms with Crippen LogP contribution in [0.1, 0.15) is 17.5 Å². The molecule has 0 saturated carbocycles. The maximum Gasteiger partial charge on any atom is 0.264 e. The molecule has 3 rings (SSSR count). The van der Waals surface area contributed by atoms with E-state index in [4.69, 9.17) is 0 Å². The monoisotopic (exact) mass is 440 g/mol. The predicted molar refractivity (Wildman–Crippen MR) is 120 cm³/mol. The number of rotatable bonds is 8. The summed E-state index contributed by atoms with van der Waals surface area (Å²) in [5, 5.41) is 0. The average Bonchev–Trinajstić information content (AvgIpc) is 2.76. The quantitative estimate of drug-likeness (QED) is 0.522. The summed E-state index contributed by atoms with van der Waals surface area (Å²) in [5.41, 5.74) is 1.84. The van der Waals surface area contributed by atoms with Crippen molar-refractivity contribution in [3.8, 4) is 0 Å². The highest BCUT2D eigenvalue weighted by Crippen LogP contribution is 2.24. The number of hydrogen-bond donors (Lipinski definition) is 0. The van der Waals surface area contributed by atoms with Gasteiger partial charge in [0.1, 0.15) is 5.82 Å². The van der Waals surface area contributed by atoms with Crippen molar-refractivity contribution in [2.45, 2.75) is 24.8 Å². The number of para-hydroxylation sites is 1. The van der Waals surface area contributed by atoms with Crippen LogP contribution < -0.4 is 4.31 Å². The standard InChI is InChI=1S/C24H25FN2O3S/c1-19-12-14-22(15-13-19)31(29,30)27(21-9-4-3-5-10-21)17-16-24(28)26(2)18-20-8-6-7-11-23(20)25/h3-15H,16-18H2,1-2H3. The molecule has 1 amide bonds. The van der Waals surface area contributed by atoms with Gasteiger partial charge in [0, 0.05) is 32.1 Å². The van der Waals surface area contributed by atoms with Gasteiger partial charge in [0.05, 0.1) is 10.6 Å². The fourth-order valence-electron chi connectivity index (χ4n) is 3.18. The predicted octanol–water partition coefficient (Wildman–Crippen LogP) is 4.38. The number of hydrogen-bond acceptors (Lipinski definition) is 3. The van der Waals surface area contributed by atoms with Gasteiger partial charge in [0.2, 0.25) is 5.91 Å². The molecule has 162 valence electrons. The van der Waals surface area contributed by atoms with Crippen LogP contribution in [0.3, 0.4) is 0 Å². The van der Waals surface area contributed by atoms with E-state index in [1.54, 1.807) is 79.8 Å². The molecule has 0 aliphatic carbocycles. The van der Waals surface area contributed by atoms with Gasteiger partial charge in [-0.1, -0.05) is 54.1 Å². The van der Waals surface area contributed by atoms with E-state index in [-0.39, 0.29) is 36.1 Å². The largest absolute Gasteiger partial charge is 0.341 e. The van der Waals surface area contributed by atoms with Gasteiger partial charge in [-0.05, 0) is 37.3 Å². The number of benzene rings is 3. The van der Waals surface area contributed by atoms with Crippen LogP contribution in [0.25, 0.3) is 0 Å². The zero-order valence-corrected chi connectivity index (χ0v) is 18.3. The van der Waals surface area contributed by atoms with Crippen molar-refractivity contribution < 1.29 is 17.6 Å². The Hall–Kier alpha value is -3.19. The van der Waals surface area contributed by atoms with Crippen molar-refractivity contribution in [1.82, 2.24) is 4.90 Å². The van der Waals surface area contributed by atoms with Crippen molar-refractivity contribution in [1.29, 1.82) is 0 Å². The third-order valence-electron chi connectivity index (χ3n) is 4.97. The second-order valence-corrected chi connectivity index (χ2v) is 9.18. The molecule has 0 bridgehead atoms. The minimum absolute atomic E-state index is 0.0271. The van der Waals surface area contributed by atoms with E-state index >= 15 is 0 Å². The Labute approximate surface area is 182 Å². The molecule has 0 aliphatic heterocycles. The summed E-state index contributed by atoms with van der Waals surface area (Å²) < 4.78 is 41.8. The number of anilines is 1. The Bertz CT molecular complexity index is 1130. The molecule has 0 radical (unpaired) electrons. The van der Waals surface area contributed by atoms with Gasteiger partial charge < -0.3 is 4.90 Å². The number of carbonyl (C=O) groups excluding carboxylic acids is 1. The van der Waals surface area contributed by atoms with E-state index in [1.807, 2.05) is 6.92 Å². The first kappa shape index (κ1) is 22.5. The lowest BCUT2D eigenvalue weighted by molar-refractivity contribution is -0.130. The van der Waals surface area contributed by atoms with Crippen molar-refractivity contribution in [3.05, 3.63) is 95.8 Å². The maximum atomic E-state index is 13.9. The first-order valence-electron chi connectivity index (χ1n) is 9.91. The number of halogens is 1. The second-order valence-electron chi connectivity index (χ2n) is 7.32. The number of carbonyl (C=O) groups is 1. The molecule has 31 heavy (non-hydrogen) atoms. The molecular formula is C24H25FN2O3S. The fraction of sp³-hybridized carbons (Fsp3) is 0.208. The minimum Gasteiger partial charge on any atom is -0.341 e. The van der Waals surface area contributed by atoms with Crippen LogP contribution in [0.2, 0.25) is 0 Å². The maximum absolute atomic E-state index is 13.9. The third kappa shape index (κ3) is 5.49. The molecule has 0 heterocycles. The summed E-state index contributed by atoms with van der Waals surface area (Å²) in [6.45, 7) is 1.97. The molecule has 0 spiro atoms. The molecule has 0 saturated heterocycles. The highest BCUT2D eigenvalue weighted by Gasteiger charge is 2.26. The topological polar surface area (TPSA) is 57.7 Å². The lowest BCUT2D eigenvalue weighted by Gasteiger charge is -2.26. The zero-order chi connectivity index (χ0) is 22.4. The number of nitrogens with zero attached hydrogens (tertiary/aromatic N) is 2. The second kappa shape index (κ2) is 9.75. The molecule has 3 aromatic carbocycles. The van der Waals surface area contributed by atoms with E-state index < -0.39 is 10.0 Å². The van der Waals surface area contributed by atoms with Crippen LogP contribution in [0.5, 0.6) is 0 Å². The molecule has 0 unspecified atom stereocenters. The third-order valence-corrected chi connectivity index (χ3v) is 6.81. The average molecular weight is 441 g/mol. The van der Waals surface area contributed by atoms with Crippen LogP contribution in [-0.4, -0.2) is 32.8 Å². The van der Waals surface area contributed by atoms with Gasteiger partial charge in [0.15, 0.2) is 0 Å². The summed E-state index contributed by atoms with van der Waals surface area (Å²) in [5.74, 6) is -0.654. The minimum atomic E-state index is -3.86. The molecule has 3 aromatic rings. The Balaban J connectivity index is 1.79. The van der Waals surface area contributed by atoms with E-state index in [1.165, 1.54) is 15.3 Å². The normalized spacial score (nSPS) is 11.2. The number of sulfonamides is 1. The van der Waals surface area contributed by atoms with Gasteiger partial charge in [-0.15, -0.1) is 0 Å². The van der Waals surface area contributed by atoms with Crippen LogP contribution in [0.15, 0.2) is 83.8 Å². The molecule has 0 aromatic heterocycles. The van der Waals surface area contributed by atoms with E-state index in [0.717, 1.165) is 5.56 Å². The lowest BCUT2D eigenvalue weighted by Crippen LogP contribution is -2.36. The first-order chi connectivity index (χ1) is 14.8. The molecule has 0 N–H and O–H groups in total. The van der Waals surface area contributed by atoms with Crippen molar-refractivity contribution in [2.24, 2.45) is 0 Å². The summed E-state index contributed by atoms with van der Waals surface area (Å²) in [6.07, 6.45) is -0.0368. The van der Waals surface area contributed by atoms with E-state index in [9.17, 15) is 17.6 Å². The zero-order valence-electron chi connectivity index (χ0n) is 17.5. The summed E-state index contributed by atoms with van der Waals surface area (Å²) in [6, 6.07) is 21.6. The number of amides is 1. The highest BCUT2D eigenvalue weighted by atomic mass is 32.2. The van der Waals surface area contributed by atoms with Gasteiger partial charge in [-0.3, -0.25) is 9.10 Å². The smallest absolute Gasteiger partial charge is 0.264 e. The molecule has 0 aliphatic rings. The molecule has 7 heteroatoms. The lowest BCUT2D eigenvalue weighted by atomic mass is 10.2. The SMILES string of the molecule is Cc1ccc(S(=O)(=O)N(CCC(=O)N(C)Cc2ccccc2F)c2ccccc2)cc1. The van der Waals surface area contributed by atoms with Gasteiger partial charge in [-0.2, -0.15) is 0 Å². The van der Waals surface area contributed by atoms with Crippen molar-refractivity contribution in [3.63, 3.8) is 0 Å². The summed E-state index contributed by atoms with van der Waals surface area (Å²) in [7, 11) is -2.28. The van der Waals surface area contributed by atoms with Crippen molar-refractivity contribution in [2.75, 3.05) is 17.9 Å². The molecule has 5 nitrogen and oxygen atoms in total. The fourth-order valence-corrected chi connectivity index (χ4v) is 4.64. The molecule has 0 fully saturated rings. The highest BCUT2D eigenvalue weighted by molar-refractivity contribution is 7.92. The van der Waals surface area contributed by atoms with Gasteiger partial charge >= 0.3 is 0 Å². The van der Waals surface area contributed by atoms with Crippen LogP contribution in [0.4, 0.5) is 10.1 Å².